The number of aliphatic hydroxyl groups is 1. The van der Waals surface area contributed by atoms with Crippen LogP contribution in [0.4, 0.5) is 0 Å². The van der Waals surface area contributed by atoms with Crippen molar-refractivity contribution in [2.24, 2.45) is 5.92 Å². The lowest BCUT2D eigenvalue weighted by molar-refractivity contribution is -0.121. The number of hydrogen-bond donors (Lipinski definition) is 2. The molecule has 0 aliphatic carbocycles. The molecule has 0 spiro atoms. The number of nitrogens with zero attached hydrogens (tertiary/aromatic N) is 1. The molecule has 0 aromatic heterocycles. The SMILES string of the molecule is COc1ccc(CNC(=O)CC[C@@H]2CCCN(CCO)C2)c(OC)c1. The number of methoxy groups -OCH3 is 2. The number of amides is 1. The molecule has 2 N–H and O–H groups in total. The van der Waals surface area contributed by atoms with E-state index in [0.717, 1.165) is 43.8 Å². The fraction of sp³-hybridized carbons (Fsp3) is 0.632. The number of ether oxygens (including phenoxy) is 2. The monoisotopic (exact) mass is 350 g/mol. The molecule has 1 aromatic rings. The van der Waals surface area contributed by atoms with Crippen LogP contribution in [0.5, 0.6) is 11.5 Å². The summed E-state index contributed by atoms with van der Waals surface area (Å²) in [5.41, 5.74) is 0.934. The summed E-state index contributed by atoms with van der Waals surface area (Å²) in [7, 11) is 3.23. The van der Waals surface area contributed by atoms with Crippen molar-refractivity contribution < 1.29 is 19.4 Å². The summed E-state index contributed by atoms with van der Waals surface area (Å²) in [4.78, 5) is 14.4. The summed E-state index contributed by atoms with van der Waals surface area (Å²) in [5, 5.41) is 12.0. The Bertz CT molecular complexity index is 548. The highest BCUT2D eigenvalue weighted by molar-refractivity contribution is 5.75. The molecule has 140 valence electrons. The van der Waals surface area contributed by atoms with E-state index in [-0.39, 0.29) is 12.5 Å². The third kappa shape index (κ3) is 6.21. The molecule has 1 saturated heterocycles. The number of benzene rings is 1. The van der Waals surface area contributed by atoms with Gasteiger partial charge in [0.15, 0.2) is 0 Å². The molecule has 1 aliphatic rings. The number of nitrogens with one attached hydrogen (secondary N) is 1. The average molecular weight is 350 g/mol. The minimum Gasteiger partial charge on any atom is -0.497 e. The molecule has 2 rings (SSSR count). The van der Waals surface area contributed by atoms with E-state index in [0.29, 0.717) is 24.6 Å². The molecule has 0 unspecified atom stereocenters. The van der Waals surface area contributed by atoms with E-state index in [1.807, 2.05) is 18.2 Å². The zero-order valence-electron chi connectivity index (χ0n) is 15.3. The van der Waals surface area contributed by atoms with Gasteiger partial charge in [-0.05, 0) is 43.9 Å². The van der Waals surface area contributed by atoms with Gasteiger partial charge in [-0.2, -0.15) is 0 Å². The first-order valence-electron chi connectivity index (χ1n) is 8.97. The van der Waals surface area contributed by atoms with E-state index in [1.54, 1.807) is 14.2 Å². The van der Waals surface area contributed by atoms with E-state index in [4.69, 9.17) is 14.6 Å². The van der Waals surface area contributed by atoms with Gasteiger partial charge in [-0.1, -0.05) is 0 Å². The van der Waals surface area contributed by atoms with Crippen LogP contribution in [-0.4, -0.2) is 56.4 Å². The van der Waals surface area contributed by atoms with Gasteiger partial charge in [-0.15, -0.1) is 0 Å². The van der Waals surface area contributed by atoms with Crippen molar-refractivity contribution in [3.63, 3.8) is 0 Å². The Kier molecular flexibility index (Phi) is 8.01. The smallest absolute Gasteiger partial charge is 0.220 e. The van der Waals surface area contributed by atoms with E-state index >= 15 is 0 Å². The maximum Gasteiger partial charge on any atom is 0.220 e. The van der Waals surface area contributed by atoms with Gasteiger partial charge in [0.05, 0.1) is 20.8 Å². The quantitative estimate of drug-likeness (QED) is 0.711. The van der Waals surface area contributed by atoms with Crippen LogP contribution in [0.1, 0.15) is 31.2 Å². The van der Waals surface area contributed by atoms with Crippen LogP contribution in [0.3, 0.4) is 0 Å². The Balaban J connectivity index is 1.75. The van der Waals surface area contributed by atoms with Crippen LogP contribution in [0, 0.1) is 5.92 Å². The van der Waals surface area contributed by atoms with Crippen molar-refractivity contribution in [2.75, 3.05) is 40.5 Å². The van der Waals surface area contributed by atoms with Gasteiger partial charge < -0.3 is 24.8 Å². The maximum absolute atomic E-state index is 12.2. The fourth-order valence-corrected chi connectivity index (χ4v) is 3.35. The van der Waals surface area contributed by atoms with Crippen molar-refractivity contribution in [2.45, 2.75) is 32.2 Å². The van der Waals surface area contributed by atoms with Crippen LogP contribution in [0.15, 0.2) is 18.2 Å². The molecule has 6 heteroatoms. The second kappa shape index (κ2) is 10.3. The molecule has 0 bridgehead atoms. The summed E-state index contributed by atoms with van der Waals surface area (Å²) in [6.07, 6.45) is 3.75. The second-order valence-electron chi connectivity index (χ2n) is 6.53. The Morgan fingerprint density at radius 2 is 2.20 bits per heavy atom. The summed E-state index contributed by atoms with van der Waals surface area (Å²) < 4.78 is 10.5. The van der Waals surface area contributed by atoms with Crippen LogP contribution in [0.25, 0.3) is 0 Å². The number of aliphatic hydroxyl groups excluding tert-OH is 1. The summed E-state index contributed by atoms with van der Waals surface area (Å²) in [6, 6.07) is 5.59. The number of piperidine rings is 1. The van der Waals surface area contributed by atoms with Gasteiger partial charge >= 0.3 is 0 Å². The van der Waals surface area contributed by atoms with Crippen molar-refractivity contribution in [3.8, 4) is 11.5 Å². The van der Waals surface area contributed by atoms with Gasteiger partial charge in [0.1, 0.15) is 11.5 Å². The topological polar surface area (TPSA) is 71.0 Å². The van der Waals surface area contributed by atoms with Gasteiger partial charge in [0, 0.05) is 37.7 Å². The number of carbonyl (C=O) groups is 1. The molecule has 25 heavy (non-hydrogen) atoms. The highest BCUT2D eigenvalue weighted by Gasteiger charge is 2.20. The molecule has 1 amide bonds. The number of β-amino-alcohol motifs (C(OH)–C–C–N with tert-alkyl or cyclic N) is 1. The van der Waals surface area contributed by atoms with Crippen LogP contribution in [0.2, 0.25) is 0 Å². The normalized spacial score (nSPS) is 18.0. The average Bonchev–Trinajstić information content (AvgIpc) is 2.65. The molecule has 1 heterocycles. The largest absolute Gasteiger partial charge is 0.497 e. The molecule has 1 aromatic carbocycles. The molecule has 1 fully saturated rings. The number of rotatable bonds is 9. The number of carbonyl (C=O) groups excluding carboxylic acids is 1. The Hall–Kier alpha value is -1.79. The first-order valence-corrected chi connectivity index (χ1v) is 8.97. The lowest BCUT2D eigenvalue weighted by atomic mass is 9.93. The summed E-state index contributed by atoms with van der Waals surface area (Å²) in [6.45, 7) is 3.44. The Morgan fingerprint density at radius 3 is 2.92 bits per heavy atom. The molecular formula is C19H30N2O4. The van der Waals surface area contributed by atoms with Crippen LogP contribution >= 0.6 is 0 Å². The zero-order valence-corrected chi connectivity index (χ0v) is 15.3. The van der Waals surface area contributed by atoms with Crippen molar-refractivity contribution in [3.05, 3.63) is 23.8 Å². The van der Waals surface area contributed by atoms with Crippen molar-refractivity contribution in [1.29, 1.82) is 0 Å². The lowest BCUT2D eigenvalue weighted by Crippen LogP contribution is -2.37. The third-order valence-electron chi connectivity index (χ3n) is 4.77. The second-order valence-corrected chi connectivity index (χ2v) is 6.53. The lowest BCUT2D eigenvalue weighted by Gasteiger charge is -2.32. The molecular weight excluding hydrogens is 320 g/mol. The van der Waals surface area contributed by atoms with Crippen LogP contribution < -0.4 is 14.8 Å². The summed E-state index contributed by atoms with van der Waals surface area (Å²) in [5.74, 6) is 2.06. The fourth-order valence-electron chi connectivity index (χ4n) is 3.35. The first-order chi connectivity index (χ1) is 12.2. The van der Waals surface area contributed by atoms with Gasteiger partial charge in [0.25, 0.3) is 0 Å². The Labute approximate surface area is 150 Å². The van der Waals surface area contributed by atoms with Crippen molar-refractivity contribution in [1.82, 2.24) is 10.2 Å². The predicted octanol–water partition coefficient (Wildman–Crippen LogP) is 1.80. The molecule has 0 radical (unpaired) electrons. The van der Waals surface area contributed by atoms with Crippen LogP contribution in [-0.2, 0) is 11.3 Å². The van der Waals surface area contributed by atoms with Gasteiger partial charge in [0.2, 0.25) is 5.91 Å². The molecule has 6 nitrogen and oxygen atoms in total. The third-order valence-corrected chi connectivity index (χ3v) is 4.77. The number of hydrogen-bond acceptors (Lipinski definition) is 5. The van der Waals surface area contributed by atoms with E-state index in [1.165, 1.54) is 6.42 Å². The van der Waals surface area contributed by atoms with Gasteiger partial charge in [-0.25, -0.2) is 0 Å². The van der Waals surface area contributed by atoms with E-state index in [9.17, 15) is 4.79 Å². The highest BCUT2D eigenvalue weighted by Crippen LogP contribution is 2.24. The standard InChI is InChI=1S/C19H30N2O4/c1-24-17-7-6-16(18(12-17)25-2)13-20-19(23)8-5-15-4-3-9-21(14-15)10-11-22/h6-7,12,15,22H,3-5,8-11,13-14H2,1-2H3,(H,20,23)/t15-/m0/s1. The molecule has 0 saturated carbocycles. The Morgan fingerprint density at radius 1 is 1.36 bits per heavy atom. The highest BCUT2D eigenvalue weighted by atomic mass is 16.5. The minimum atomic E-state index is 0.0668. The van der Waals surface area contributed by atoms with Crippen molar-refractivity contribution >= 4 is 5.91 Å². The first kappa shape index (κ1) is 19.5. The predicted molar refractivity (Wildman–Crippen MR) is 96.9 cm³/mol. The zero-order chi connectivity index (χ0) is 18.1. The van der Waals surface area contributed by atoms with Gasteiger partial charge in [-0.3, -0.25) is 4.79 Å². The minimum absolute atomic E-state index is 0.0668. The summed E-state index contributed by atoms with van der Waals surface area (Å²) >= 11 is 0. The maximum atomic E-state index is 12.2. The molecule has 1 atom stereocenters. The van der Waals surface area contributed by atoms with E-state index in [2.05, 4.69) is 10.2 Å². The molecule has 1 aliphatic heterocycles. The van der Waals surface area contributed by atoms with E-state index < -0.39 is 0 Å². The number of likely N-dealkylation sites (tertiary alicyclic amines) is 1.